The Morgan fingerprint density at radius 3 is 2.60 bits per heavy atom. The second kappa shape index (κ2) is 5.03. The van der Waals surface area contributed by atoms with Gasteiger partial charge < -0.3 is 15.8 Å². The number of para-hydroxylation sites is 2. The van der Waals surface area contributed by atoms with Crippen LogP contribution in [0.2, 0.25) is 0 Å². The van der Waals surface area contributed by atoms with Crippen molar-refractivity contribution in [1.29, 1.82) is 0 Å². The molecule has 1 rings (SSSR count). The van der Waals surface area contributed by atoms with Crippen molar-refractivity contribution in [1.82, 2.24) is 0 Å². The van der Waals surface area contributed by atoms with Gasteiger partial charge in [0.05, 0.1) is 12.8 Å². The Morgan fingerprint density at radius 1 is 1.33 bits per heavy atom. The maximum atomic E-state index is 5.67. The monoisotopic (exact) mass is 208 g/mol. The molecule has 0 bridgehead atoms. The van der Waals surface area contributed by atoms with Crippen molar-refractivity contribution in [2.24, 2.45) is 11.1 Å². The van der Waals surface area contributed by atoms with E-state index in [-0.39, 0.29) is 5.41 Å². The Balaban J connectivity index is 2.65. The SMILES string of the molecule is COc1ccccc1NCC(C)(C)CN. The van der Waals surface area contributed by atoms with Crippen LogP contribution in [-0.2, 0) is 0 Å². The van der Waals surface area contributed by atoms with Crippen LogP contribution in [0.5, 0.6) is 5.75 Å². The lowest BCUT2D eigenvalue weighted by Crippen LogP contribution is -2.31. The van der Waals surface area contributed by atoms with E-state index in [4.69, 9.17) is 10.5 Å². The van der Waals surface area contributed by atoms with E-state index < -0.39 is 0 Å². The van der Waals surface area contributed by atoms with Crippen molar-refractivity contribution >= 4 is 5.69 Å². The van der Waals surface area contributed by atoms with E-state index in [0.717, 1.165) is 18.0 Å². The molecule has 3 nitrogen and oxygen atoms in total. The Kier molecular flexibility index (Phi) is 3.97. The molecule has 0 spiro atoms. The molecule has 0 unspecified atom stereocenters. The smallest absolute Gasteiger partial charge is 0.141 e. The van der Waals surface area contributed by atoms with Crippen LogP contribution in [0.25, 0.3) is 0 Å². The Hall–Kier alpha value is -1.22. The average molecular weight is 208 g/mol. The first-order valence-electron chi connectivity index (χ1n) is 5.16. The van der Waals surface area contributed by atoms with Crippen LogP contribution in [0.3, 0.4) is 0 Å². The zero-order chi connectivity index (χ0) is 11.3. The fourth-order valence-electron chi connectivity index (χ4n) is 1.20. The lowest BCUT2D eigenvalue weighted by molar-refractivity contribution is 0.399. The molecule has 1 aromatic carbocycles. The van der Waals surface area contributed by atoms with Crippen molar-refractivity contribution in [2.75, 3.05) is 25.5 Å². The molecule has 15 heavy (non-hydrogen) atoms. The molecule has 0 amide bonds. The Morgan fingerprint density at radius 2 is 2.00 bits per heavy atom. The molecule has 0 atom stereocenters. The minimum Gasteiger partial charge on any atom is -0.495 e. The molecule has 3 heteroatoms. The number of benzene rings is 1. The first kappa shape index (κ1) is 11.9. The van der Waals surface area contributed by atoms with E-state index in [1.807, 2.05) is 24.3 Å². The molecule has 0 radical (unpaired) electrons. The van der Waals surface area contributed by atoms with E-state index in [1.54, 1.807) is 7.11 Å². The van der Waals surface area contributed by atoms with Crippen LogP contribution in [-0.4, -0.2) is 20.2 Å². The first-order chi connectivity index (χ1) is 7.09. The predicted molar refractivity (Wildman–Crippen MR) is 64.3 cm³/mol. The lowest BCUT2D eigenvalue weighted by atomic mass is 9.94. The van der Waals surface area contributed by atoms with Crippen LogP contribution in [0.4, 0.5) is 5.69 Å². The molecule has 0 aromatic heterocycles. The quantitative estimate of drug-likeness (QED) is 0.779. The topological polar surface area (TPSA) is 47.3 Å². The third kappa shape index (κ3) is 3.44. The van der Waals surface area contributed by atoms with E-state index in [0.29, 0.717) is 6.54 Å². The molecule has 0 aliphatic rings. The number of nitrogens with one attached hydrogen (secondary N) is 1. The molecule has 0 heterocycles. The fourth-order valence-corrected chi connectivity index (χ4v) is 1.20. The number of nitrogens with two attached hydrogens (primary N) is 1. The van der Waals surface area contributed by atoms with Gasteiger partial charge in [0, 0.05) is 6.54 Å². The highest BCUT2D eigenvalue weighted by atomic mass is 16.5. The van der Waals surface area contributed by atoms with E-state index in [2.05, 4.69) is 19.2 Å². The highest BCUT2D eigenvalue weighted by molar-refractivity contribution is 5.56. The number of rotatable bonds is 5. The molecule has 3 N–H and O–H groups in total. The van der Waals surface area contributed by atoms with Crippen LogP contribution in [0, 0.1) is 5.41 Å². The van der Waals surface area contributed by atoms with Crippen molar-refractivity contribution in [3.63, 3.8) is 0 Å². The Bertz CT molecular complexity index is 310. The second-order valence-electron chi connectivity index (χ2n) is 4.42. The van der Waals surface area contributed by atoms with Gasteiger partial charge in [-0.2, -0.15) is 0 Å². The summed E-state index contributed by atoms with van der Waals surface area (Å²) in [7, 11) is 1.68. The first-order valence-corrected chi connectivity index (χ1v) is 5.16. The summed E-state index contributed by atoms with van der Waals surface area (Å²) in [5, 5.41) is 3.35. The summed E-state index contributed by atoms with van der Waals surface area (Å²) in [5.74, 6) is 0.866. The van der Waals surface area contributed by atoms with E-state index >= 15 is 0 Å². The van der Waals surface area contributed by atoms with Gasteiger partial charge in [-0.1, -0.05) is 26.0 Å². The third-order valence-electron chi connectivity index (χ3n) is 2.42. The summed E-state index contributed by atoms with van der Waals surface area (Å²) in [6, 6.07) is 7.89. The zero-order valence-electron chi connectivity index (χ0n) is 9.71. The summed E-state index contributed by atoms with van der Waals surface area (Å²) in [4.78, 5) is 0. The van der Waals surface area contributed by atoms with Gasteiger partial charge in [0.2, 0.25) is 0 Å². The highest BCUT2D eigenvalue weighted by Crippen LogP contribution is 2.24. The highest BCUT2D eigenvalue weighted by Gasteiger charge is 2.15. The molecule has 0 aliphatic carbocycles. The second-order valence-corrected chi connectivity index (χ2v) is 4.42. The zero-order valence-corrected chi connectivity index (χ0v) is 9.71. The van der Waals surface area contributed by atoms with Gasteiger partial charge in [0.1, 0.15) is 5.75 Å². The number of hydrogen-bond donors (Lipinski definition) is 2. The number of ether oxygens (including phenoxy) is 1. The van der Waals surface area contributed by atoms with E-state index in [9.17, 15) is 0 Å². The molecule has 0 aliphatic heterocycles. The Labute approximate surface area is 91.6 Å². The standard InChI is InChI=1S/C12H20N2O/c1-12(2,8-13)9-14-10-6-4-5-7-11(10)15-3/h4-7,14H,8-9,13H2,1-3H3. The van der Waals surface area contributed by atoms with Crippen molar-refractivity contribution in [3.8, 4) is 5.75 Å². The molecule has 0 saturated carbocycles. The maximum Gasteiger partial charge on any atom is 0.141 e. The molecule has 0 saturated heterocycles. The van der Waals surface area contributed by atoms with Crippen molar-refractivity contribution in [2.45, 2.75) is 13.8 Å². The summed E-state index contributed by atoms with van der Waals surface area (Å²) in [6.07, 6.45) is 0. The number of methoxy groups -OCH3 is 1. The predicted octanol–water partition coefficient (Wildman–Crippen LogP) is 2.09. The number of anilines is 1. The van der Waals surface area contributed by atoms with Crippen molar-refractivity contribution in [3.05, 3.63) is 24.3 Å². The average Bonchev–Trinajstić information content (AvgIpc) is 2.27. The van der Waals surface area contributed by atoms with Gasteiger partial charge in [-0.15, -0.1) is 0 Å². The van der Waals surface area contributed by atoms with Gasteiger partial charge in [-0.05, 0) is 24.1 Å². The summed E-state index contributed by atoms with van der Waals surface area (Å²) >= 11 is 0. The normalized spacial score (nSPS) is 11.2. The summed E-state index contributed by atoms with van der Waals surface area (Å²) in [6.45, 7) is 5.77. The van der Waals surface area contributed by atoms with E-state index in [1.165, 1.54) is 0 Å². The minimum atomic E-state index is 0.0981. The molecule has 1 aromatic rings. The van der Waals surface area contributed by atoms with Gasteiger partial charge in [-0.3, -0.25) is 0 Å². The van der Waals surface area contributed by atoms with Gasteiger partial charge in [0.15, 0.2) is 0 Å². The third-order valence-corrected chi connectivity index (χ3v) is 2.42. The summed E-state index contributed by atoms with van der Waals surface area (Å²) < 4.78 is 5.25. The molecular weight excluding hydrogens is 188 g/mol. The molecule has 84 valence electrons. The number of hydrogen-bond acceptors (Lipinski definition) is 3. The van der Waals surface area contributed by atoms with Crippen LogP contribution >= 0.6 is 0 Å². The van der Waals surface area contributed by atoms with Gasteiger partial charge >= 0.3 is 0 Å². The van der Waals surface area contributed by atoms with Crippen LogP contribution in [0.1, 0.15) is 13.8 Å². The largest absolute Gasteiger partial charge is 0.495 e. The molecule has 0 fully saturated rings. The van der Waals surface area contributed by atoms with Crippen LogP contribution < -0.4 is 15.8 Å². The van der Waals surface area contributed by atoms with Gasteiger partial charge in [-0.25, -0.2) is 0 Å². The lowest BCUT2D eigenvalue weighted by Gasteiger charge is -2.23. The maximum absolute atomic E-state index is 5.67. The fraction of sp³-hybridized carbons (Fsp3) is 0.500. The van der Waals surface area contributed by atoms with Gasteiger partial charge in [0.25, 0.3) is 0 Å². The minimum absolute atomic E-state index is 0.0981. The molecular formula is C12H20N2O. The van der Waals surface area contributed by atoms with Crippen molar-refractivity contribution < 1.29 is 4.74 Å². The summed E-state index contributed by atoms with van der Waals surface area (Å²) in [5.41, 5.74) is 6.78. The van der Waals surface area contributed by atoms with Crippen LogP contribution in [0.15, 0.2) is 24.3 Å².